The molecule has 0 aliphatic carbocycles. The average Bonchev–Trinajstić information content (AvgIpc) is 3.30. The predicted octanol–water partition coefficient (Wildman–Crippen LogP) is 3.61. The second-order valence-corrected chi connectivity index (χ2v) is 10.6. The summed E-state index contributed by atoms with van der Waals surface area (Å²) in [5.74, 6) is -0.803. The van der Waals surface area contributed by atoms with Gasteiger partial charge in [-0.25, -0.2) is 9.78 Å². The molecule has 2 fully saturated rings. The number of likely N-dealkylation sites (tertiary alicyclic amines) is 1. The van der Waals surface area contributed by atoms with Gasteiger partial charge in [-0.1, -0.05) is 17.7 Å². The van der Waals surface area contributed by atoms with Gasteiger partial charge in [0.15, 0.2) is 6.54 Å². The molecule has 3 N–H and O–H groups in total. The van der Waals surface area contributed by atoms with Crippen molar-refractivity contribution in [1.29, 1.82) is 0 Å². The number of quaternary nitrogens is 1. The number of nitrogens with one attached hydrogen (secondary N) is 2. The SMILES string of the molecule is O=C(Nc1cc2cn(CC(=O)[N+]3(C4CCNCC4)CCC(O)CC3)nc2cc1Cl)c1cccc(C(F)(F)F)n1. The summed E-state index contributed by atoms with van der Waals surface area (Å²) in [5.41, 5.74) is -0.885. The van der Waals surface area contributed by atoms with Gasteiger partial charge in [0, 0.05) is 50.4 Å². The van der Waals surface area contributed by atoms with Crippen LogP contribution in [0.15, 0.2) is 36.5 Å². The van der Waals surface area contributed by atoms with Crippen molar-refractivity contribution in [3.8, 4) is 0 Å². The largest absolute Gasteiger partial charge is 0.433 e. The lowest BCUT2D eigenvalue weighted by atomic mass is 9.95. The fraction of sp³-hybridized carbons (Fsp3) is 0.462. The number of anilines is 1. The number of fused-ring (bicyclic) bond motifs is 1. The van der Waals surface area contributed by atoms with Gasteiger partial charge in [0.2, 0.25) is 0 Å². The summed E-state index contributed by atoms with van der Waals surface area (Å²) in [7, 11) is 0. The van der Waals surface area contributed by atoms with Crippen LogP contribution >= 0.6 is 11.6 Å². The van der Waals surface area contributed by atoms with Gasteiger partial charge >= 0.3 is 12.1 Å². The van der Waals surface area contributed by atoms with Gasteiger partial charge in [0.1, 0.15) is 11.4 Å². The number of hydrogen-bond acceptors (Lipinski definition) is 6. The van der Waals surface area contributed by atoms with Crippen molar-refractivity contribution < 1.29 is 32.3 Å². The number of rotatable bonds is 5. The van der Waals surface area contributed by atoms with E-state index in [9.17, 15) is 27.9 Å². The van der Waals surface area contributed by atoms with Crippen LogP contribution in [0.4, 0.5) is 18.9 Å². The lowest BCUT2D eigenvalue weighted by Crippen LogP contribution is -2.65. The van der Waals surface area contributed by atoms with Crippen LogP contribution in [0.25, 0.3) is 10.9 Å². The van der Waals surface area contributed by atoms with E-state index in [1.807, 2.05) is 0 Å². The van der Waals surface area contributed by atoms with Crippen molar-refractivity contribution in [2.24, 2.45) is 0 Å². The molecule has 4 heterocycles. The number of carbonyl (C=O) groups is 2. The van der Waals surface area contributed by atoms with E-state index >= 15 is 0 Å². The van der Waals surface area contributed by atoms with Gasteiger partial charge in [-0.2, -0.15) is 18.3 Å². The van der Waals surface area contributed by atoms with Gasteiger partial charge in [-0.3, -0.25) is 14.0 Å². The van der Waals surface area contributed by atoms with E-state index in [-0.39, 0.29) is 35.3 Å². The third-order valence-electron chi connectivity index (χ3n) is 7.69. The maximum atomic E-state index is 13.7. The summed E-state index contributed by atoms with van der Waals surface area (Å²) in [4.78, 5) is 29.8. The highest BCUT2D eigenvalue weighted by atomic mass is 35.5. The first-order valence-electron chi connectivity index (χ1n) is 12.9. The fourth-order valence-electron chi connectivity index (χ4n) is 5.59. The standard InChI is InChI=1S/C26H28ClF3N6O3/c27-19-13-21-16(12-22(19)33-25(39)20-2-1-3-23(32-20)26(28,29)30)14-35(34-21)15-24(38)36(10-6-18(37)7-11-36)17-4-8-31-9-5-17/h1-3,12-14,17-18,31,37H,4-11,15H2/p+1. The van der Waals surface area contributed by atoms with E-state index in [1.165, 1.54) is 12.1 Å². The second kappa shape index (κ2) is 10.8. The Morgan fingerprint density at radius 1 is 1.15 bits per heavy atom. The highest BCUT2D eigenvalue weighted by molar-refractivity contribution is 6.34. The number of hydrogen-bond donors (Lipinski definition) is 3. The fourth-order valence-corrected chi connectivity index (χ4v) is 5.80. The minimum Gasteiger partial charge on any atom is -0.393 e. The molecule has 1 aromatic carbocycles. The number of nitrogens with zero attached hydrogens (tertiary/aromatic N) is 4. The maximum absolute atomic E-state index is 13.7. The summed E-state index contributed by atoms with van der Waals surface area (Å²) in [5, 5.41) is 21.2. The molecule has 0 unspecified atom stereocenters. The van der Waals surface area contributed by atoms with E-state index in [0.717, 1.165) is 38.1 Å². The monoisotopic (exact) mass is 565 g/mol. The van der Waals surface area contributed by atoms with E-state index in [0.29, 0.717) is 41.3 Å². The van der Waals surface area contributed by atoms with Gasteiger partial charge in [-0.15, -0.1) is 0 Å². The van der Waals surface area contributed by atoms with Crippen molar-refractivity contribution in [2.45, 2.75) is 50.6 Å². The predicted molar refractivity (Wildman–Crippen MR) is 138 cm³/mol. The van der Waals surface area contributed by atoms with Crippen LogP contribution in [0.1, 0.15) is 41.9 Å². The van der Waals surface area contributed by atoms with Crippen molar-refractivity contribution in [2.75, 3.05) is 31.5 Å². The quantitative estimate of drug-likeness (QED) is 0.408. The molecular formula is C26H29ClF3N6O3+. The minimum atomic E-state index is -4.68. The number of piperidine rings is 2. The third kappa shape index (κ3) is 5.79. The van der Waals surface area contributed by atoms with E-state index in [4.69, 9.17) is 11.6 Å². The first-order chi connectivity index (χ1) is 18.5. The summed E-state index contributed by atoms with van der Waals surface area (Å²) >= 11 is 6.35. The molecule has 208 valence electrons. The molecule has 39 heavy (non-hydrogen) atoms. The number of amides is 2. The molecule has 3 aromatic rings. The third-order valence-corrected chi connectivity index (χ3v) is 8.00. The zero-order chi connectivity index (χ0) is 27.8. The lowest BCUT2D eigenvalue weighted by Gasteiger charge is -2.47. The molecule has 2 aliphatic heterocycles. The van der Waals surface area contributed by atoms with Crippen LogP contribution < -0.4 is 10.6 Å². The highest BCUT2D eigenvalue weighted by Crippen LogP contribution is 2.31. The normalized spacial score (nSPS) is 22.6. The smallest absolute Gasteiger partial charge is 0.393 e. The molecule has 2 saturated heterocycles. The molecule has 2 aromatic heterocycles. The Kier molecular flexibility index (Phi) is 7.64. The topological polar surface area (TPSA) is 109 Å². The first kappa shape index (κ1) is 27.5. The molecule has 2 amide bonds. The lowest BCUT2D eigenvalue weighted by molar-refractivity contribution is -0.887. The highest BCUT2D eigenvalue weighted by Gasteiger charge is 2.46. The molecule has 13 heteroatoms. The van der Waals surface area contributed by atoms with Crippen molar-refractivity contribution in [3.05, 3.63) is 52.9 Å². The minimum absolute atomic E-state index is 0.0388. The van der Waals surface area contributed by atoms with E-state index in [1.54, 1.807) is 16.9 Å². The summed E-state index contributed by atoms with van der Waals surface area (Å²) < 4.78 is 40.9. The van der Waals surface area contributed by atoms with Crippen LogP contribution in [0.5, 0.6) is 0 Å². The Morgan fingerprint density at radius 3 is 2.56 bits per heavy atom. The van der Waals surface area contributed by atoms with Crippen LogP contribution in [0.3, 0.4) is 0 Å². The number of aromatic nitrogens is 3. The van der Waals surface area contributed by atoms with Gasteiger partial charge in [-0.05, 0) is 24.3 Å². The van der Waals surface area contributed by atoms with Gasteiger partial charge < -0.3 is 15.7 Å². The number of aliphatic hydroxyl groups excluding tert-OH is 1. The summed E-state index contributed by atoms with van der Waals surface area (Å²) in [6.45, 7) is 2.95. The van der Waals surface area contributed by atoms with Crippen molar-refractivity contribution in [1.82, 2.24) is 20.1 Å². The summed E-state index contributed by atoms with van der Waals surface area (Å²) in [6, 6.07) is 6.36. The van der Waals surface area contributed by atoms with Crippen molar-refractivity contribution >= 4 is 40.0 Å². The second-order valence-electron chi connectivity index (χ2n) is 10.2. The molecule has 0 atom stereocenters. The molecule has 2 aliphatic rings. The molecule has 9 nitrogen and oxygen atoms in total. The van der Waals surface area contributed by atoms with Gasteiger partial charge in [0.25, 0.3) is 5.91 Å². The number of pyridine rings is 1. The molecule has 0 radical (unpaired) electrons. The zero-order valence-electron chi connectivity index (χ0n) is 21.0. The number of carbonyl (C=O) groups excluding carboxylic acids is 2. The van der Waals surface area contributed by atoms with E-state index in [2.05, 4.69) is 20.7 Å². The Hall–Kier alpha value is -3.06. The molecular weight excluding hydrogens is 537 g/mol. The molecule has 0 bridgehead atoms. The van der Waals surface area contributed by atoms with Crippen molar-refractivity contribution in [3.63, 3.8) is 0 Å². The van der Waals surface area contributed by atoms with Gasteiger partial charge in [0.05, 0.1) is 41.5 Å². The molecule has 0 saturated carbocycles. The van der Waals surface area contributed by atoms with Crippen LogP contribution in [0.2, 0.25) is 5.02 Å². The number of benzene rings is 1. The first-order valence-corrected chi connectivity index (χ1v) is 13.2. The Bertz CT molecular complexity index is 1380. The zero-order valence-corrected chi connectivity index (χ0v) is 21.8. The van der Waals surface area contributed by atoms with Crippen LogP contribution in [-0.2, 0) is 17.5 Å². The molecule has 0 spiro atoms. The number of alkyl halides is 3. The summed E-state index contributed by atoms with van der Waals surface area (Å²) in [6.07, 6.45) is -0.447. The van der Waals surface area contributed by atoms with Crippen LogP contribution in [0, 0.1) is 0 Å². The number of halogens is 4. The average molecular weight is 566 g/mol. The molecule has 5 rings (SSSR count). The Labute approximate surface area is 227 Å². The van der Waals surface area contributed by atoms with E-state index < -0.39 is 23.5 Å². The Balaban J connectivity index is 1.35. The number of aliphatic hydroxyl groups is 1. The maximum Gasteiger partial charge on any atom is 0.433 e. The Morgan fingerprint density at radius 2 is 1.87 bits per heavy atom. The van der Waals surface area contributed by atoms with Crippen LogP contribution in [-0.4, -0.2) is 74.5 Å².